The molecule has 0 heterocycles. The van der Waals surface area contributed by atoms with E-state index in [1.165, 1.54) is 0 Å². The van der Waals surface area contributed by atoms with Crippen molar-refractivity contribution >= 4 is 29.9 Å². The number of nitrogen functional groups attached to an aromatic ring is 1. The first kappa shape index (κ1) is 7.76. The molecule has 0 aliphatic rings. The summed E-state index contributed by atoms with van der Waals surface area (Å²) < 4.78 is 0. The number of rotatable bonds is 0. The van der Waals surface area contributed by atoms with Gasteiger partial charge in [0.15, 0.2) is 0 Å². The second-order valence-electron chi connectivity index (χ2n) is 2.14. The van der Waals surface area contributed by atoms with Gasteiger partial charge in [0.2, 0.25) is 0 Å². The summed E-state index contributed by atoms with van der Waals surface area (Å²) in [5, 5.41) is 0.633. The molecule has 0 bridgehead atoms. The molecule has 10 heavy (non-hydrogen) atoms. The van der Waals surface area contributed by atoms with Crippen molar-refractivity contribution in [1.29, 1.82) is 0 Å². The van der Waals surface area contributed by atoms with E-state index in [0.29, 0.717) is 10.7 Å². The Morgan fingerprint density at radius 3 is 2.60 bits per heavy atom. The lowest BCUT2D eigenvalue weighted by molar-refractivity contribution is 1.32. The maximum absolute atomic E-state index is 5.69. The van der Waals surface area contributed by atoms with E-state index in [0.717, 1.165) is 10.5 Å². The third kappa shape index (κ3) is 1.39. The van der Waals surface area contributed by atoms with Gasteiger partial charge < -0.3 is 5.73 Å². The van der Waals surface area contributed by atoms with Gasteiger partial charge in [0.1, 0.15) is 0 Å². The fourth-order valence-electron chi connectivity index (χ4n) is 0.685. The van der Waals surface area contributed by atoms with Gasteiger partial charge in [-0.15, -0.1) is 12.6 Å². The third-order valence-electron chi connectivity index (χ3n) is 1.39. The van der Waals surface area contributed by atoms with Crippen LogP contribution in [0.4, 0.5) is 5.69 Å². The highest BCUT2D eigenvalue weighted by Crippen LogP contribution is 2.24. The molecule has 0 aliphatic heterocycles. The van der Waals surface area contributed by atoms with E-state index in [4.69, 9.17) is 17.3 Å². The Morgan fingerprint density at radius 2 is 2.10 bits per heavy atom. The van der Waals surface area contributed by atoms with Gasteiger partial charge in [-0.2, -0.15) is 0 Å². The molecule has 0 aromatic heterocycles. The van der Waals surface area contributed by atoms with Crippen LogP contribution >= 0.6 is 24.2 Å². The molecule has 0 unspecified atom stereocenters. The summed E-state index contributed by atoms with van der Waals surface area (Å²) in [5.41, 5.74) is 7.26. The topological polar surface area (TPSA) is 26.0 Å². The zero-order valence-electron chi connectivity index (χ0n) is 5.56. The van der Waals surface area contributed by atoms with Crippen LogP contribution in [-0.2, 0) is 0 Å². The molecule has 0 spiro atoms. The van der Waals surface area contributed by atoms with Gasteiger partial charge >= 0.3 is 0 Å². The molecular formula is C7H8ClNS. The monoisotopic (exact) mass is 173 g/mol. The molecule has 0 amide bonds. The summed E-state index contributed by atoms with van der Waals surface area (Å²) in [6.45, 7) is 1.91. The molecule has 1 rings (SSSR count). The van der Waals surface area contributed by atoms with Crippen molar-refractivity contribution in [2.24, 2.45) is 0 Å². The standard InChI is InChI=1S/C7H8ClNS/c1-4-6(9)2-5(8)3-7(4)10/h2-3,10H,9H2,1H3. The quantitative estimate of drug-likeness (QED) is 0.458. The zero-order valence-corrected chi connectivity index (χ0v) is 7.21. The number of benzene rings is 1. The second-order valence-corrected chi connectivity index (χ2v) is 3.06. The molecule has 0 saturated carbocycles. The smallest absolute Gasteiger partial charge is 0.0437 e. The second kappa shape index (κ2) is 2.72. The highest BCUT2D eigenvalue weighted by Gasteiger charge is 1.98. The van der Waals surface area contributed by atoms with Crippen LogP contribution in [0.2, 0.25) is 5.02 Å². The first-order valence-corrected chi connectivity index (χ1v) is 3.68. The molecule has 1 aromatic rings. The van der Waals surface area contributed by atoms with Gasteiger partial charge in [-0.05, 0) is 24.6 Å². The Balaban J connectivity index is 3.31. The first-order chi connectivity index (χ1) is 4.61. The number of anilines is 1. The molecule has 1 aromatic carbocycles. The van der Waals surface area contributed by atoms with Crippen molar-refractivity contribution in [1.82, 2.24) is 0 Å². The third-order valence-corrected chi connectivity index (χ3v) is 2.07. The van der Waals surface area contributed by atoms with Crippen LogP contribution in [0, 0.1) is 6.92 Å². The van der Waals surface area contributed by atoms with Crippen LogP contribution in [0.1, 0.15) is 5.56 Å². The van der Waals surface area contributed by atoms with Crippen molar-refractivity contribution in [2.45, 2.75) is 11.8 Å². The number of thiol groups is 1. The summed E-state index contributed by atoms with van der Waals surface area (Å²) in [4.78, 5) is 0.838. The van der Waals surface area contributed by atoms with E-state index in [-0.39, 0.29) is 0 Å². The fraction of sp³-hybridized carbons (Fsp3) is 0.143. The Bertz CT molecular complexity index is 237. The molecule has 54 valence electrons. The normalized spacial score (nSPS) is 9.90. The highest BCUT2D eigenvalue weighted by atomic mass is 35.5. The minimum absolute atomic E-state index is 0.633. The van der Waals surface area contributed by atoms with Crippen LogP contribution in [-0.4, -0.2) is 0 Å². The molecule has 0 saturated heterocycles. The summed E-state index contributed by atoms with van der Waals surface area (Å²) in [6.07, 6.45) is 0. The maximum Gasteiger partial charge on any atom is 0.0437 e. The van der Waals surface area contributed by atoms with Crippen molar-refractivity contribution < 1.29 is 0 Å². The molecule has 1 nitrogen and oxygen atoms in total. The van der Waals surface area contributed by atoms with Gasteiger partial charge in [0.25, 0.3) is 0 Å². The molecule has 0 radical (unpaired) electrons. The van der Waals surface area contributed by atoms with E-state index >= 15 is 0 Å². The number of nitrogens with two attached hydrogens (primary N) is 1. The number of halogens is 1. The number of hydrogen-bond donors (Lipinski definition) is 2. The maximum atomic E-state index is 5.69. The minimum Gasteiger partial charge on any atom is -0.398 e. The Labute approximate surface area is 70.6 Å². The van der Waals surface area contributed by atoms with Crippen molar-refractivity contribution in [3.05, 3.63) is 22.7 Å². The Morgan fingerprint density at radius 1 is 1.50 bits per heavy atom. The molecule has 0 fully saturated rings. The Kier molecular flexibility index (Phi) is 2.11. The van der Waals surface area contributed by atoms with Crippen LogP contribution in [0.25, 0.3) is 0 Å². The van der Waals surface area contributed by atoms with Gasteiger partial charge in [0.05, 0.1) is 0 Å². The molecular weight excluding hydrogens is 166 g/mol. The average molecular weight is 174 g/mol. The minimum atomic E-state index is 0.633. The highest BCUT2D eigenvalue weighted by molar-refractivity contribution is 7.80. The van der Waals surface area contributed by atoms with E-state index in [9.17, 15) is 0 Å². The summed E-state index contributed by atoms with van der Waals surface area (Å²) >= 11 is 9.87. The SMILES string of the molecule is Cc1c(N)cc(Cl)cc1S. The van der Waals surface area contributed by atoms with Crippen LogP contribution < -0.4 is 5.73 Å². The summed E-state index contributed by atoms with van der Waals surface area (Å²) in [7, 11) is 0. The van der Waals surface area contributed by atoms with Gasteiger partial charge in [-0.3, -0.25) is 0 Å². The lowest BCUT2D eigenvalue weighted by Gasteiger charge is -2.02. The van der Waals surface area contributed by atoms with Crippen LogP contribution in [0.15, 0.2) is 17.0 Å². The lowest BCUT2D eigenvalue weighted by Crippen LogP contribution is -1.89. The predicted molar refractivity (Wildman–Crippen MR) is 47.9 cm³/mol. The van der Waals surface area contributed by atoms with Gasteiger partial charge in [-0.1, -0.05) is 11.6 Å². The average Bonchev–Trinajstić information content (AvgIpc) is 1.82. The van der Waals surface area contributed by atoms with E-state index in [1.54, 1.807) is 12.1 Å². The first-order valence-electron chi connectivity index (χ1n) is 2.86. The molecule has 2 N–H and O–H groups in total. The van der Waals surface area contributed by atoms with Gasteiger partial charge in [0, 0.05) is 15.6 Å². The summed E-state index contributed by atoms with van der Waals surface area (Å²) in [5.74, 6) is 0. The zero-order chi connectivity index (χ0) is 7.72. The van der Waals surface area contributed by atoms with E-state index < -0.39 is 0 Å². The van der Waals surface area contributed by atoms with E-state index in [2.05, 4.69) is 12.6 Å². The summed E-state index contributed by atoms with van der Waals surface area (Å²) in [6, 6.07) is 3.49. The lowest BCUT2D eigenvalue weighted by atomic mass is 10.2. The fourth-order valence-corrected chi connectivity index (χ4v) is 1.26. The van der Waals surface area contributed by atoms with Crippen LogP contribution in [0.5, 0.6) is 0 Å². The molecule has 0 atom stereocenters. The number of hydrogen-bond acceptors (Lipinski definition) is 2. The molecule has 3 heteroatoms. The Hall–Kier alpha value is -0.340. The van der Waals surface area contributed by atoms with E-state index in [1.807, 2.05) is 6.92 Å². The van der Waals surface area contributed by atoms with Crippen LogP contribution in [0.3, 0.4) is 0 Å². The van der Waals surface area contributed by atoms with Gasteiger partial charge in [-0.25, -0.2) is 0 Å². The predicted octanol–water partition coefficient (Wildman–Crippen LogP) is 2.52. The van der Waals surface area contributed by atoms with Crippen molar-refractivity contribution in [2.75, 3.05) is 5.73 Å². The van der Waals surface area contributed by atoms with Crippen molar-refractivity contribution in [3.8, 4) is 0 Å². The molecule has 0 aliphatic carbocycles. The largest absolute Gasteiger partial charge is 0.398 e. The van der Waals surface area contributed by atoms with Crippen molar-refractivity contribution in [3.63, 3.8) is 0 Å².